The number of aromatic nitrogens is 2. The lowest BCUT2D eigenvalue weighted by Gasteiger charge is -2.34. The first-order valence-corrected chi connectivity index (χ1v) is 11.2. The molecule has 2 aliphatic rings. The summed E-state index contributed by atoms with van der Waals surface area (Å²) < 4.78 is 31.1. The van der Waals surface area contributed by atoms with Crippen LogP contribution >= 0.6 is 0 Å². The van der Waals surface area contributed by atoms with Crippen LogP contribution in [0.5, 0.6) is 5.88 Å². The van der Waals surface area contributed by atoms with E-state index in [1.165, 1.54) is 9.21 Å². The summed E-state index contributed by atoms with van der Waals surface area (Å²) in [5.74, 6) is 1.58. The second-order valence-corrected chi connectivity index (χ2v) is 9.28. The first kappa shape index (κ1) is 20.6. The smallest absolute Gasteiger partial charge is 0.407 e. The van der Waals surface area contributed by atoms with Gasteiger partial charge in [-0.3, -0.25) is 0 Å². The number of sulfonamides is 1. The predicted octanol–water partition coefficient (Wildman–Crippen LogP) is 0.717. The van der Waals surface area contributed by atoms with E-state index in [2.05, 4.69) is 9.97 Å². The van der Waals surface area contributed by atoms with Gasteiger partial charge in [-0.2, -0.15) is 4.31 Å². The molecule has 2 aliphatic heterocycles. The zero-order valence-corrected chi connectivity index (χ0v) is 16.8. The predicted molar refractivity (Wildman–Crippen MR) is 103 cm³/mol. The molecule has 0 radical (unpaired) electrons. The molecule has 0 spiro atoms. The van der Waals surface area contributed by atoms with Crippen molar-refractivity contribution < 1.29 is 23.1 Å². The Morgan fingerprint density at radius 3 is 2.36 bits per heavy atom. The van der Waals surface area contributed by atoms with Crippen LogP contribution in [0.1, 0.15) is 19.8 Å². The maximum Gasteiger partial charge on any atom is 0.407 e. The molecule has 1 amide bonds. The fourth-order valence-corrected chi connectivity index (χ4v) is 4.50. The molecule has 0 aromatic carbocycles. The molecule has 0 atom stereocenters. The lowest BCUT2D eigenvalue weighted by molar-refractivity contribution is 0.111. The van der Waals surface area contributed by atoms with Gasteiger partial charge in [-0.05, 0) is 25.7 Å². The van der Waals surface area contributed by atoms with Crippen molar-refractivity contribution in [2.24, 2.45) is 5.92 Å². The molecule has 1 N–H and O–H groups in total. The number of piperazine rings is 1. The van der Waals surface area contributed by atoms with Gasteiger partial charge < -0.3 is 19.6 Å². The number of piperidine rings is 1. The lowest BCUT2D eigenvalue weighted by atomic mass is 9.98. The van der Waals surface area contributed by atoms with E-state index in [1.54, 1.807) is 19.3 Å². The van der Waals surface area contributed by atoms with E-state index in [0.717, 1.165) is 12.8 Å². The first-order chi connectivity index (χ1) is 13.4. The summed E-state index contributed by atoms with van der Waals surface area (Å²) in [6.07, 6.45) is 3.92. The van der Waals surface area contributed by atoms with Crippen molar-refractivity contribution in [3.05, 3.63) is 12.4 Å². The van der Waals surface area contributed by atoms with Gasteiger partial charge >= 0.3 is 6.09 Å². The highest BCUT2D eigenvalue weighted by Crippen LogP contribution is 2.20. The van der Waals surface area contributed by atoms with Crippen molar-refractivity contribution >= 4 is 21.9 Å². The van der Waals surface area contributed by atoms with Gasteiger partial charge in [-0.15, -0.1) is 0 Å². The van der Waals surface area contributed by atoms with Crippen LogP contribution in [-0.4, -0.2) is 90.4 Å². The van der Waals surface area contributed by atoms with Gasteiger partial charge in [0.05, 0.1) is 24.8 Å². The quantitative estimate of drug-likeness (QED) is 0.725. The van der Waals surface area contributed by atoms with Crippen LogP contribution in [0.2, 0.25) is 0 Å². The largest absolute Gasteiger partial charge is 0.476 e. The maximum absolute atomic E-state index is 11.9. The van der Waals surface area contributed by atoms with E-state index in [0.29, 0.717) is 63.5 Å². The second-order valence-electron chi connectivity index (χ2n) is 7.02. The van der Waals surface area contributed by atoms with Crippen LogP contribution in [0.25, 0.3) is 0 Å². The van der Waals surface area contributed by atoms with Crippen molar-refractivity contribution in [1.29, 1.82) is 0 Å². The molecule has 156 valence electrons. The van der Waals surface area contributed by atoms with E-state index in [-0.39, 0.29) is 5.75 Å². The number of likely N-dealkylation sites (tertiary alicyclic amines) is 1. The average Bonchev–Trinajstić information content (AvgIpc) is 2.73. The molecule has 0 unspecified atom stereocenters. The summed E-state index contributed by atoms with van der Waals surface area (Å²) >= 11 is 0. The fraction of sp³-hybridized carbons (Fsp3) is 0.706. The minimum Gasteiger partial charge on any atom is -0.476 e. The summed E-state index contributed by atoms with van der Waals surface area (Å²) in [4.78, 5) is 23.1. The molecule has 0 aliphatic carbocycles. The summed E-state index contributed by atoms with van der Waals surface area (Å²) in [5, 5.41) is 8.97. The van der Waals surface area contributed by atoms with E-state index < -0.39 is 16.1 Å². The third kappa shape index (κ3) is 5.02. The Kier molecular flexibility index (Phi) is 6.55. The van der Waals surface area contributed by atoms with Gasteiger partial charge in [-0.1, -0.05) is 0 Å². The van der Waals surface area contributed by atoms with Crippen LogP contribution in [0.4, 0.5) is 10.6 Å². The van der Waals surface area contributed by atoms with Crippen LogP contribution in [0.3, 0.4) is 0 Å². The van der Waals surface area contributed by atoms with E-state index in [1.807, 2.05) is 4.90 Å². The number of hydrogen-bond donors (Lipinski definition) is 1. The number of carboxylic acid groups (broad SMARTS) is 1. The third-order valence-corrected chi connectivity index (χ3v) is 7.17. The molecule has 0 bridgehead atoms. The molecule has 28 heavy (non-hydrogen) atoms. The molecule has 3 heterocycles. The third-order valence-electron chi connectivity index (χ3n) is 5.29. The minimum atomic E-state index is -3.14. The summed E-state index contributed by atoms with van der Waals surface area (Å²) in [6, 6.07) is 0. The molecular weight excluding hydrogens is 386 g/mol. The molecular formula is C17H27N5O5S. The standard InChI is InChI=1S/C17H27N5O5S/c1-2-28(25,26)22-9-7-20(8-10-22)15-11-19-16(12-18-15)27-13-14-3-5-21(6-4-14)17(23)24/h11-12,14H,2-10,13H2,1H3,(H,23,24). The Bertz CT molecular complexity index is 757. The van der Waals surface area contributed by atoms with Gasteiger partial charge in [0.2, 0.25) is 15.9 Å². The number of rotatable bonds is 6. The molecule has 1 aromatic heterocycles. The van der Waals surface area contributed by atoms with Gasteiger partial charge in [0.15, 0.2) is 0 Å². The molecule has 10 nitrogen and oxygen atoms in total. The van der Waals surface area contributed by atoms with E-state index in [9.17, 15) is 13.2 Å². The monoisotopic (exact) mass is 413 g/mol. The zero-order valence-electron chi connectivity index (χ0n) is 16.0. The molecule has 2 saturated heterocycles. The van der Waals surface area contributed by atoms with Crippen molar-refractivity contribution in [3.63, 3.8) is 0 Å². The van der Waals surface area contributed by atoms with E-state index in [4.69, 9.17) is 9.84 Å². The topological polar surface area (TPSA) is 116 Å². The van der Waals surface area contributed by atoms with Crippen molar-refractivity contribution in [2.45, 2.75) is 19.8 Å². The number of amides is 1. The molecule has 11 heteroatoms. The van der Waals surface area contributed by atoms with Gasteiger partial charge in [-0.25, -0.2) is 23.2 Å². The van der Waals surface area contributed by atoms with Gasteiger partial charge in [0.1, 0.15) is 5.82 Å². The Balaban J connectivity index is 1.45. The van der Waals surface area contributed by atoms with Crippen molar-refractivity contribution in [3.8, 4) is 5.88 Å². The maximum atomic E-state index is 11.9. The van der Waals surface area contributed by atoms with Crippen LogP contribution in [-0.2, 0) is 10.0 Å². The van der Waals surface area contributed by atoms with Crippen molar-refractivity contribution in [2.75, 3.05) is 56.5 Å². The van der Waals surface area contributed by atoms with Gasteiger partial charge in [0, 0.05) is 39.3 Å². The average molecular weight is 414 g/mol. The first-order valence-electron chi connectivity index (χ1n) is 9.54. The highest BCUT2D eigenvalue weighted by atomic mass is 32.2. The highest BCUT2D eigenvalue weighted by Gasteiger charge is 2.26. The minimum absolute atomic E-state index is 0.119. The normalized spacial score (nSPS) is 19.6. The Labute approximate surface area is 165 Å². The number of anilines is 1. The Hall–Kier alpha value is -2.14. The van der Waals surface area contributed by atoms with Crippen LogP contribution < -0.4 is 9.64 Å². The molecule has 0 saturated carbocycles. The van der Waals surface area contributed by atoms with Crippen LogP contribution in [0.15, 0.2) is 12.4 Å². The molecule has 2 fully saturated rings. The highest BCUT2D eigenvalue weighted by molar-refractivity contribution is 7.89. The van der Waals surface area contributed by atoms with Crippen molar-refractivity contribution in [1.82, 2.24) is 19.2 Å². The number of hydrogen-bond acceptors (Lipinski definition) is 7. The van der Waals surface area contributed by atoms with E-state index >= 15 is 0 Å². The zero-order chi connectivity index (χ0) is 20.1. The molecule has 1 aromatic rings. The number of nitrogens with zero attached hydrogens (tertiary/aromatic N) is 5. The summed E-state index contributed by atoms with van der Waals surface area (Å²) in [6.45, 7) is 5.28. The summed E-state index contributed by atoms with van der Waals surface area (Å²) in [5.41, 5.74) is 0. The second kappa shape index (κ2) is 8.91. The Morgan fingerprint density at radius 2 is 1.82 bits per heavy atom. The van der Waals surface area contributed by atoms with Gasteiger partial charge in [0.25, 0.3) is 0 Å². The summed E-state index contributed by atoms with van der Waals surface area (Å²) in [7, 11) is -3.14. The SMILES string of the molecule is CCS(=O)(=O)N1CCN(c2cnc(OCC3CCN(C(=O)O)CC3)cn2)CC1. The number of ether oxygens (including phenoxy) is 1. The number of carbonyl (C=O) groups is 1. The van der Waals surface area contributed by atoms with Crippen LogP contribution in [0, 0.1) is 5.92 Å². The Morgan fingerprint density at radius 1 is 1.14 bits per heavy atom. The lowest BCUT2D eigenvalue weighted by Crippen LogP contribution is -2.49. The molecule has 3 rings (SSSR count). The fourth-order valence-electron chi connectivity index (χ4n) is 3.42.